The van der Waals surface area contributed by atoms with E-state index in [4.69, 9.17) is 32.2 Å². The summed E-state index contributed by atoms with van der Waals surface area (Å²) in [5.41, 5.74) is 0.848. The minimum atomic E-state index is -3.76. The Morgan fingerprint density at radius 2 is 1.96 bits per heavy atom. The molecule has 0 aliphatic rings. The maximum absolute atomic E-state index is 13.4. The van der Waals surface area contributed by atoms with Gasteiger partial charge in [0.2, 0.25) is 0 Å². The molecule has 0 saturated heterocycles. The molecule has 1 unspecified atom stereocenters. The summed E-state index contributed by atoms with van der Waals surface area (Å²) in [4.78, 5) is 13.0. The molecule has 1 heterocycles. The van der Waals surface area contributed by atoms with Crippen LogP contribution in [-0.2, 0) is 13.6 Å². The Morgan fingerprint density at radius 3 is 2.46 bits per heavy atom. The second-order valence-corrected chi connectivity index (χ2v) is 8.81. The number of nitrogens with one attached hydrogen (secondary N) is 1. The number of nitrogens with zero attached hydrogens (tertiary/aromatic N) is 2. The van der Waals surface area contributed by atoms with Crippen LogP contribution in [0.2, 0.25) is 10.0 Å². The van der Waals surface area contributed by atoms with Crippen molar-refractivity contribution in [1.82, 2.24) is 14.9 Å². The molecule has 0 bridgehead atoms. The molecule has 1 amide bonds. The van der Waals surface area contributed by atoms with Gasteiger partial charge in [0.15, 0.2) is 5.78 Å². The van der Waals surface area contributed by atoms with Gasteiger partial charge >= 0.3 is 7.60 Å². The van der Waals surface area contributed by atoms with Crippen LogP contribution in [-0.4, -0.2) is 28.7 Å². The minimum absolute atomic E-state index is 0.135. The summed E-state index contributed by atoms with van der Waals surface area (Å²) in [5, 5.41) is 7.16. The summed E-state index contributed by atoms with van der Waals surface area (Å²) in [5.74, 6) is -1.60. The molecule has 26 heavy (non-hydrogen) atoms. The van der Waals surface area contributed by atoms with Crippen molar-refractivity contribution < 1.29 is 18.4 Å². The first-order valence-corrected chi connectivity index (χ1v) is 10.9. The van der Waals surface area contributed by atoms with Gasteiger partial charge in [-0.05, 0) is 44.4 Å². The second kappa shape index (κ2) is 9.26. The highest BCUT2D eigenvalue weighted by atomic mass is 35.5. The zero-order valence-corrected chi connectivity index (χ0v) is 17.6. The average Bonchev–Trinajstić information content (AvgIpc) is 2.99. The molecule has 142 valence electrons. The van der Waals surface area contributed by atoms with Crippen molar-refractivity contribution in [3.63, 3.8) is 0 Å². The third-order valence-electron chi connectivity index (χ3n) is 3.32. The summed E-state index contributed by atoms with van der Waals surface area (Å²) >= 11 is 13.2. The van der Waals surface area contributed by atoms with E-state index < -0.39 is 19.3 Å². The number of halogens is 2. The molecular weight excluding hydrogens is 420 g/mol. The summed E-state index contributed by atoms with van der Waals surface area (Å²) in [6.45, 7) is 5.30. The lowest BCUT2D eigenvalue weighted by Gasteiger charge is -2.28. The van der Waals surface area contributed by atoms with Gasteiger partial charge in [-0.1, -0.05) is 33.8 Å². The molecule has 1 aromatic carbocycles. The highest BCUT2D eigenvalue weighted by Gasteiger charge is 2.40. The van der Waals surface area contributed by atoms with Crippen LogP contribution in [0.25, 0.3) is 0 Å². The van der Waals surface area contributed by atoms with E-state index in [9.17, 15) is 9.36 Å². The second-order valence-electron chi connectivity index (χ2n) is 5.10. The normalized spacial score (nSPS) is 12.8. The first-order valence-electron chi connectivity index (χ1n) is 7.76. The van der Waals surface area contributed by atoms with E-state index in [1.807, 2.05) is 0 Å². The SMILES string of the molecule is CCOP(=O)(OCC)C(NC(=O)c1snnc1C)c1ccc(Cl)cc1Cl. The van der Waals surface area contributed by atoms with Crippen molar-refractivity contribution in [1.29, 1.82) is 0 Å². The predicted octanol–water partition coefficient (Wildman–Crippen LogP) is 4.85. The number of hydrogen-bond acceptors (Lipinski definition) is 7. The smallest absolute Gasteiger partial charge is 0.333 e. The van der Waals surface area contributed by atoms with Crippen LogP contribution in [0, 0.1) is 6.92 Å². The van der Waals surface area contributed by atoms with E-state index in [-0.39, 0.29) is 18.2 Å². The molecule has 0 aliphatic carbocycles. The van der Waals surface area contributed by atoms with E-state index >= 15 is 0 Å². The summed E-state index contributed by atoms with van der Waals surface area (Å²) < 4.78 is 27.9. The van der Waals surface area contributed by atoms with Gasteiger partial charge in [0.25, 0.3) is 5.91 Å². The number of rotatable bonds is 8. The molecule has 2 aromatic rings. The van der Waals surface area contributed by atoms with Crippen LogP contribution in [0.3, 0.4) is 0 Å². The standard InChI is InChI=1S/C15H18Cl2N3O4PS/c1-4-23-25(22,24-5-2)15(11-7-6-10(16)8-12(11)17)18-14(21)13-9(3)19-20-26-13/h6-8,15H,4-5H2,1-3H3,(H,18,21). The number of aryl methyl sites for hydroxylation is 1. The van der Waals surface area contributed by atoms with Crippen molar-refractivity contribution >= 4 is 48.2 Å². The summed E-state index contributed by atoms with van der Waals surface area (Å²) in [6, 6.07) is 4.67. The molecule has 0 saturated carbocycles. The largest absolute Gasteiger partial charge is 0.357 e. The molecule has 0 spiro atoms. The van der Waals surface area contributed by atoms with Gasteiger partial charge in [-0.15, -0.1) is 5.10 Å². The van der Waals surface area contributed by atoms with E-state index in [2.05, 4.69) is 14.9 Å². The lowest BCUT2D eigenvalue weighted by molar-refractivity contribution is 0.0940. The molecule has 1 atom stereocenters. The Bertz CT molecular complexity index is 823. The zero-order chi connectivity index (χ0) is 19.3. The number of carbonyl (C=O) groups excluding carboxylic acids is 1. The van der Waals surface area contributed by atoms with E-state index in [1.54, 1.807) is 32.9 Å². The van der Waals surface area contributed by atoms with Gasteiger partial charge in [-0.3, -0.25) is 9.36 Å². The predicted molar refractivity (Wildman–Crippen MR) is 102 cm³/mol. The topological polar surface area (TPSA) is 90.4 Å². The van der Waals surface area contributed by atoms with Gasteiger partial charge in [0, 0.05) is 15.6 Å². The molecule has 0 fully saturated rings. The average molecular weight is 438 g/mol. The fraction of sp³-hybridized carbons (Fsp3) is 0.400. The molecule has 11 heteroatoms. The number of carbonyl (C=O) groups is 1. The molecule has 7 nitrogen and oxygen atoms in total. The molecule has 0 aliphatic heterocycles. The third kappa shape index (κ3) is 4.82. The fourth-order valence-corrected chi connectivity index (χ4v) is 5.31. The van der Waals surface area contributed by atoms with Crippen molar-refractivity contribution in [2.24, 2.45) is 0 Å². The van der Waals surface area contributed by atoms with E-state index in [1.165, 1.54) is 6.07 Å². The molecular formula is C15H18Cl2N3O4PS. The van der Waals surface area contributed by atoms with Gasteiger partial charge in [-0.2, -0.15) is 0 Å². The Hall–Kier alpha value is -1.02. The number of aromatic nitrogens is 2. The molecule has 2 rings (SSSR count). The van der Waals surface area contributed by atoms with Crippen LogP contribution in [0.4, 0.5) is 0 Å². The first-order chi connectivity index (χ1) is 12.3. The molecule has 1 aromatic heterocycles. The van der Waals surface area contributed by atoms with Crippen LogP contribution in [0.15, 0.2) is 18.2 Å². The van der Waals surface area contributed by atoms with E-state index in [0.29, 0.717) is 21.2 Å². The quantitative estimate of drug-likeness (QED) is 0.593. The Morgan fingerprint density at radius 1 is 1.31 bits per heavy atom. The molecule has 0 radical (unpaired) electrons. The van der Waals surface area contributed by atoms with Crippen molar-refractivity contribution in [3.8, 4) is 0 Å². The van der Waals surface area contributed by atoms with Crippen LogP contribution in [0.5, 0.6) is 0 Å². The van der Waals surface area contributed by atoms with Crippen LogP contribution in [0.1, 0.15) is 40.6 Å². The van der Waals surface area contributed by atoms with E-state index in [0.717, 1.165) is 11.5 Å². The van der Waals surface area contributed by atoms with Gasteiger partial charge < -0.3 is 14.4 Å². The van der Waals surface area contributed by atoms with Gasteiger partial charge in [0.1, 0.15) is 4.88 Å². The fourth-order valence-electron chi connectivity index (χ4n) is 2.23. The van der Waals surface area contributed by atoms with Crippen molar-refractivity contribution in [2.45, 2.75) is 26.6 Å². The van der Waals surface area contributed by atoms with Gasteiger partial charge in [-0.25, -0.2) is 0 Å². The Balaban J connectivity index is 2.48. The first kappa shape index (κ1) is 21.3. The summed E-state index contributed by atoms with van der Waals surface area (Å²) in [7, 11) is -3.76. The lowest BCUT2D eigenvalue weighted by Crippen LogP contribution is -2.30. The number of benzene rings is 1. The minimum Gasteiger partial charge on any atom is -0.333 e. The van der Waals surface area contributed by atoms with Crippen molar-refractivity contribution in [2.75, 3.05) is 13.2 Å². The van der Waals surface area contributed by atoms with Crippen molar-refractivity contribution in [3.05, 3.63) is 44.4 Å². The highest BCUT2D eigenvalue weighted by Crippen LogP contribution is 2.60. The maximum atomic E-state index is 13.4. The van der Waals surface area contributed by atoms with Crippen LogP contribution >= 0.6 is 42.3 Å². The zero-order valence-electron chi connectivity index (χ0n) is 14.4. The molecule has 1 N–H and O–H groups in total. The maximum Gasteiger partial charge on any atom is 0.357 e. The lowest BCUT2D eigenvalue weighted by atomic mass is 10.2. The van der Waals surface area contributed by atoms with Gasteiger partial charge in [0.05, 0.1) is 18.9 Å². The summed E-state index contributed by atoms with van der Waals surface area (Å²) in [6.07, 6.45) is 0. The Kier molecular flexibility index (Phi) is 7.58. The third-order valence-corrected chi connectivity index (χ3v) is 6.98. The highest BCUT2D eigenvalue weighted by molar-refractivity contribution is 7.54. The Labute approximate surface area is 165 Å². The monoisotopic (exact) mass is 437 g/mol. The number of amides is 1. The number of hydrogen-bond donors (Lipinski definition) is 1. The van der Waals surface area contributed by atoms with Crippen LogP contribution < -0.4 is 5.32 Å².